The molecule has 2 aliphatic rings. The molecular weight excluding hydrogens is 222 g/mol. The van der Waals surface area contributed by atoms with Crippen LogP contribution in [0.2, 0.25) is 0 Å². The number of nitrogens with zero attached hydrogens (tertiary/aromatic N) is 2. The van der Waals surface area contributed by atoms with Crippen molar-refractivity contribution in [2.75, 3.05) is 39.8 Å². The molecule has 18 heavy (non-hydrogen) atoms. The Labute approximate surface area is 113 Å². The first-order valence-corrected chi connectivity index (χ1v) is 7.68. The van der Waals surface area contributed by atoms with Gasteiger partial charge in [-0.15, -0.1) is 0 Å². The lowest BCUT2D eigenvalue weighted by Gasteiger charge is -2.46. The fraction of sp³-hybridized carbons (Fsp3) is 1.00. The van der Waals surface area contributed by atoms with E-state index in [1.54, 1.807) is 0 Å². The smallest absolute Gasteiger partial charge is 0.0252 e. The summed E-state index contributed by atoms with van der Waals surface area (Å²) in [5.41, 5.74) is 0.289. The zero-order valence-corrected chi connectivity index (χ0v) is 12.7. The van der Waals surface area contributed by atoms with Gasteiger partial charge in [-0.3, -0.25) is 4.90 Å². The number of nitrogens with one attached hydrogen (secondary N) is 1. The van der Waals surface area contributed by atoms with Crippen LogP contribution in [0.15, 0.2) is 0 Å². The van der Waals surface area contributed by atoms with Crippen molar-refractivity contribution >= 4 is 0 Å². The van der Waals surface area contributed by atoms with Crippen molar-refractivity contribution in [3.8, 4) is 0 Å². The molecule has 3 nitrogen and oxygen atoms in total. The van der Waals surface area contributed by atoms with Crippen LogP contribution in [0.3, 0.4) is 0 Å². The molecule has 0 amide bonds. The quantitative estimate of drug-likeness (QED) is 0.827. The van der Waals surface area contributed by atoms with E-state index < -0.39 is 0 Å². The van der Waals surface area contributed by atoms with Gasteiger partial charge in [-0.1, -0.05) is 6.92 Å². The summed E-state index contributed by atoms with van der Waals surface area (Å²) in [5.74, 6) is 0.921. The molecule has 0 aromatic carbocycles. The summed E-state index contributed by atoms with van der Waals surface area (Å²) in [6, 6.07) is 0.748. The van der Waals surface area contributed by atoms with Crippen molar-refractivity contribution in [2.45, 2.75) is 51.6 Å². The van der Waals surface area contributed by atoms with Gasteiger partial charge in [0.05, 0.1) is 0 Å². The second-order valence-electron chi connectivity index (χ2n) is 7.00. The van der Waals surface area contributed by atoms with E-state index in [0.29, 0.717) is 0 Å². The van der Waals surface area contributed by atoms with Crippen molar-refractivity contribution in [3.05, 3.63) is 0 Å². The average molecular weight is 253 g/mol. The van der Waals surface area contributed by atoms with Crippen LogP contribution in [0.1, 0.15) is 40.0 Å². The Hall–Kier alpha value is -0.120. The zero-order valence-electron chi connectivity index (χ0n) is 12.7. The SMILES string of the molecule is CCC1CNC(C)(C)CN1CC1CCN(C)CC1. The molecule has 1 unspecified atom stereocenters. The van der Waals surface area contributed by atoms with Crippen molar-refractivity contribution in [1.82, 2.24) is 15.1 Å². The third-order valence-corrected chi connectivity index (χ3v) is 4.73. The van der Waals surface area contributed by atoms with Crippen molar-refractivity contribution < 1.29 is 0 Å². The second-order valence-corrected chi connectivity index (χ2v) is 7.00. The molecule has 0 bridgehead atoms. The molecule has 0 spiro atoms. The Morgan fingerprint density at radius 2 is 1.89 bits per heavy atom. The molecule has 1 atom stereocenters. The summed E-state index contributed by atoms with van der Waals surface area (Å²) < 4.78 is 0. The Balaban J connectivity index is 1.88. The van der Waals surface area contributed by atoms with Crippen LogP contribution in [0.25, 0.3) is 0 Å². The molecule has 1 N–H and O–H groups in total. The van der Waals surface area contributed by atoms with Gasteiger partial charge < -0.3 is 10.2 Å². The van der Waals surface area contributed by atoms with Gasteiger partial charge in [0.1, 0.15) is 0 Å². The molecule has 0 radical (unpaired) electrons. The zero-order chi connectivity index (χ0) is 13.2. The van der Waals surface area contributed by atoms with Gasteiger partial charge in [0.15, 0.2) is 0 Å². The molecule has 3 heteroatoms. The van der Waals surface area contributed by atoms with Crippen LogP contribution in [0.5, 0.6) is 0 Å². The van der Waals surface area contributed by atoms with E-state index in [4.69, 9.17) is 0 Å². The number of likely N-dealkylation sites (tertiary alicyclic amines) is 1. The van der Waals surface area contributed by atoms with Crippen LogP contribution in [-0.4, -0.2) is 61.2 Å². The summed E-state index contributed by atoms with van der Waals surface area (Å²) in [5, 5.41) is 3.68. The number of hydrogen-bond donors (Lipinski definition) is 1. The molecule has 2 rings (SSSR count). The van der Waals surface area contributed by atoms with E-state index in [1.165, 1.54) is 45.4 Å². The van der Waals surface area contributed by atoms with E-state index in [0.717, 1.165) is 18.5 Å². The third-order valence-electron chi connectivity index (χ3n) is 4.73. The van der Waals surface area contributed by atoms with E-state index in [2.05, 4.69) is 42.9 Å². The van der Waals surface area contributed by atoms with Gasteiger partial charge in [0.25, 0.3) is 0 Å². The predicted octanol–water partition coefficient (Wildman–Crippen LogP) is 1.79. The number of rotatable bonds is 3. The molecule has 0 aromatic rings. The van der Waals surface area contributed by atoms with Gasteiger partial charge in [-0.05, 0) is 59.2 Å². The third kappa shape index (κ3) is 3.69. The van der Waals surface area contributed by atoms with Crippen molar-refractivity contribution in [1.29, 1.82) is 0 Å². The maximum atomic E-state index is 3.68. The molecule has 0 aromatic heterocycles. The highest BCUT2D eigenvalue weighted by Crippen LogP contribution is 2.23. The standard InChI is InChI=1S/C15H31N3/c1-5-14-10-16-15(2,3)12-18(14)11-13-6-8-17(4)9-7-13/h13-14,16H,5-12H2,1-4H3. The lowest BCUT2D eigenvalue weighted by molar-refractivity contribution is 0.0632. The van der Waals surface area contributed by atoms with E-state index in [-0.39, 0.29) is 5.54 Å². The highest BCUT2D eigenvalue weighted by molar-refractivity contribution is 4.92. The fourth-order valence-electron chi connectivity index (χ4n) is 3.41. The normalized spacial score (nSPS) is 31.7. The Morgan fingerprint density at radius 3 is 2.50 bits per heavy atom. The average Bonchev–Trinajstić information content (AvgIpc) is 2.31. The summed E-state index contributed by atoms with van der Waals surface area (Å²) >= 11 is 0. The minimum absolute atomic E-state index is 0.289. The number of piperidine rings is 1. The lowest BCUT2D eigenvalue weighted by Crippen LogP contribution is -2.62. The first kappa shape index (κ1) is 14.3. The molecule has 0 aliphatic carbocycles. The van der Waals surface area contributed by atoms with Gasteiger partial charge in [0.2, 0.25) is 0 Å². The second kappa shape index (κ2) is 5.89. The first-order chi connectivity index (χ1) is 8.50. The van der Waals surface area contributed by atoms with Crippen molar-refractivity contribution in [2.24, 2.45) is 5.92 Å². The maximum absolute atomic E-state index is 3.68. The molecule has 2 aliphatic heterocycles. The molecular formula is C15H31N3. The molecule has 0 saturated carbocycles. The monoisotopic (exact) mass is 253 g/mol. The Kier molecular flexibility index (Phi) is 4.68. The predicted molar refractivity (Wildman–Crippen MR) is 78.0 cm³/mol. The van der Waals surface area contributed by atoms with Gasteiger partial charge in [-0.25, -0.2) is 0 Å². The number of hydrogen-bond acceptors (Lipinski definition) is 3. The maximum Gasteiger partial charge on any atom is 0.0252 e. The number of piperazine rings is 1. The van der Waals surface area contributed by atoms with Crippen LogP contribution in [0, 0.1) is 5.92 Å². The van der Waals surface area contributed by atoms with E-state index in [9.17, 15) is 0 Å². The molecule has 2 saturated heterocycles. The van der Waals surface area contributed by atoms with Gasteiger partial charge in [-0.2, -0.15) is 0 Å². The molecule has 2 heterocycles. The lowest BCUT2D eigenvalue weighted by atomic mass is 9.92. The molecule has 106 valence electrons. The van der Waals surface area contributed by atoms with E-state index >= 15 is 0 Å². The highest BCUT2D eigenvalue weighted by atomic mass is 15.2. The summed E-state index contributed by atoms with van der Waals surface area (Å²) in [6.45, 7) is 13.3. The minimum Gasteiger partial charge on any atom is -0.309 e. The van der Waals surface area contributed by atoms with Crippen molar-refractivity contribution in [3.63, 3.8) is 0 Å². The Bertz CT molecular complexity index is 256. The van der Waals surface area contributed by atoms with Crippen LogP contribution >= 0.6 is 0 Å². The van der Waals surface area contributed by atoms with Crippen LogP contribution < -0.4 is 5.32 Å². The Morgan fingerprint density at radius 1 is 1.22 bits per heavy atom. The minimum atomic E-state index is 0.289. The van der Waals surface area contributed by atoms with Crippen LogP contribution in [-0.2, 0) is 0 Å². The largest absolute Gasteiger partial charge is 0.309 e. The fourth-order valence-corrected chi connectivity index (χ4v) is 3.41. The van der Waals surface area contributed by atoms with Gasteiger partial charge in [0, 0.05) is 31.2 Å². The molecule has 2 fully saturated rings. The van der Waals surface area contributed by atoms with Gasteiger partial charge >= 0.3 is 0 Å². The highest BCUT2D eigenvalue weighted by Gasteiger charge is 2.33. The summed E-state index contributed by atoms with van der Waals surface area (Å²) in [6.07, 6.45) is 4.05. The summed E-state index contributed by atoms with van der Waals surface area (Å²) in [7, 11) is 2.25. The first-order valence-electron chi connectivity index (χ1n) is 7.68. The van der Waals surface area contributed by atoms with E-state index in [1.807, 2.05) is 0 Å². The topological polar surface area (TPSA) is 18.5 Å². The van der Waals surface area contributed by atoms with Crippen LogP contribution in [0.4, 0.5) is 0 Å². The summed E-state index contributed by atoms with van der Waals surface area (Å²) in [4.78, 5) is 5.22.